The third-order valence-corrected chi connectivity index (χ3v) is 7.20. The summed E-state index contributed by atoms with van der Waals surface area (Å²) >= 11 is 3.44. The van der Waals surface area contributed by atoms with Crippen molar-refractivity contribution in [2.45, 2.75) is 38.5 Å². The number of benzene rings is 1. The molecule has 1 aromatic rings. The topological polar surface area (TPSA) is 17.1 Å². The summed E-state index contributed by atoms with van der Waals surface area (Å²) in [5, 5.41) is 0. The molecule has 4 fully saturated rings. The number of carbonyl (C=O) groups is 1. The highest BCUT2D eigenvalue weighted by atomic mass is 79.9. The molecular weight excluding hydrogens is 442 g/mol. The van der Waals surface area contributed by atoms with E-state index in [1.54, 1.807) is 0 Å². The Hall–Kier alpha value is -0.190. The predicted molar refractivity (Wildman–Crippen MR) is 101 cm³/mol. The van der Waals surface area contributed by atoms with Crippen LogP contribution < -0.4 is 17.0 Å². The number of likely N-dealkylation sites (N-methyl/N-ethyl adjacent to an activating group) is 1. The first-order valence-electron chi connectivity index (χ1n) is 9.43. The molecule has 0 amide bonds. The van der Waals surface area contributed by atoms with Gasteiger partial charge in [-0.3, -0.25) is 4.79 Å². The van der Waals surface area contributed by atoms with Gasteiger partial charge in [-0.2, -0.15) is 0 Å². The third kappa shape index (κ3) is 4.22. The Morgan fingerprint density at radius 1 is 1.04 bits per heavy atom. The second-order valence-corrected chi connectivity index (χ2v) is 10.5. The van der Waals surface area contributed by atoms with Gasteiger partial charge in [0.15, 0.2) is 0 Å². The lowest BCUT2D eigenvalue weighted by atomic mass is 9.49. The maximum Gasteiger partial charge on any atom is 0.216 e. The van der Waals surface area contributed by atoms with Gasteiger partial charge in [-0.05, 0) is 68.4 Å². The maximum absolute atomic E-state index is 12.7. The van der Waals surface area contributed by atoms with Crippen molar-refractivity contribution in [1.82, 2.24) is 0 Å². The second-order valence-electron chi connectivity index (χ2n) is 9.60. The molecule has 25 heavy (non-hydrogen) atoms. The minimum Gasteiger partial charge on any atom is -1.00 e. The summed E-state index contributed by atoms with van der Waals surface area (Å²) in [6.07, 6.45) is 8.74. The van der Waals surface area contributed by atoms with Gasteiger partial charge in [0.25, 0.3) is 0 Å². The van der Waals surface area contributed by atoms with Crippen LogP contribution in [0.5, 0.6) is 0 Å². The zero-order chi connectivity index (χ0) is 16.9. The number of ketones is 1. The first-order valence-corrected chi connectivity index (χ1v) is 10.2. The number of hydrogen-bond donors (Lipinski definition) is 0. The normalized spacial score (nSPS) is 33.2. The van der Waals surface area contributed by atoms with E-state index in [1.807, 2.05) is 24.3 Å². The number of hydrogen-bond acceptors (Lipinski definition) is 1. The lowest BCUT2D eigenvalue weighted by Gasteiger charge is -2.58. The molecule has 0 radical (unpaired) electrons. The Bertz CT molecular complexity index is 603. The van der Waals surface area contributed by atoms with Crippen molar-refractivity contribution >= 4 is 21.7 Å². The molecule has 4 heteroatoms. The number of nitrogens with zero attached hydrogens (tertiary/aromatic N) is 1. The molecule has 2 nitrogen and oxygen atoms in total. The smallest absolute Gasteiger partial charge is 0.216 e. The van der Waals surface area contributed by atoms with Gasteiger partial charge in [0.2, 0.25) is 5.78 Å². The van der Waals surface area contributed by atoms with Crippen molar-refractivity contribution in [3.05, 3.63) is 34.3 Å². The van der Waals surface area contributed by atoms with Crippen molar-refractivity contribution < 1.29 is 26.3 Å². The zero-order valence-corrected chi connectivity index (χ0v) is 18.5. The Morgan fingerprint density at radius 2 is 1.52 bits per heavy atom. The molecule has 4 aliphatic carbocycles. The number of halogens is 2. The molecule has 138 valence electrons. The van der Waals surface area contributed by atoms with Crippen LogP contribution in [-0.2, 0) is 0 Å². The van der Waals surface area contributed by atoms with Gasteiger partial charge in [-0.25, -0.2) is 0 Å². The van der Waals surface area contributed by atoms with E-state index in [1.165, 1.54) is 45.1 Å². The summed E-state index contributed by atoms with van der Waals surface area (Å²) in [5.74, 6) is 3.23. The summed E-state index contributed by atoms with van der Waals surface area (Å²) in [5.41, 5.74) is 1.37. The first kappa shape index (κ1) is 19.6. The largest absolute Gasteiger partial charge is 1.00 e. The van der Waals surface area contributed by atoms with Crippen molar-refractivity contribution in [3.8, 4) is 0 Å². The van der Waals surface area contributed by atoms with E-state index in [0.29, 0.717) is 12.0 Å². The summed E-state index contributed by atoms with van der Waals surface area (Å²) < 4.78 is 1.86. The van der Waals surface area contributed by atoms with E-state index in [0.717, 1.165) is 32.3 Å². The first-order chi connectivity index (χ1) is 11.3. The van der Waals surface area contributed by atoms with E-state index < -0.39 is 0 Å². The van der Waals surface area contributed by atoms with Crippen LogP contribution in [0.25, 0.3) is 0 Å². The highest BCUT2D eigenvalue weighted by molar-refractivity contribution is 9.10. The molecule has 0 saturated heterocycles. The van der Waals surface area contributed by atoms with E-state index >= 15 is 0 Å². The van der Waals surface area contributed by atoms with E-state index in [-0.39, 0.29) is 22.8 Å². The zero-order valence-electron chi connectivity index (χ0n) is 15.3. The van der Waals surface area contributed by atoms with Crippen LogP contribution in [0.4, 0.5) is 0 Å². The lowest BCUT2D eigenvalue weighted by Crippen LogP contribution is -3.00. The van der Waals surface area contributed by atoms with Gasteiger partial charge in [0.05, 0.1) is 20.6 Å². The van der Waals surface area contributed by atoms with Crippen LogP contribution in [-0.4, -0.2) is 37.5 Å². The van der Waals surface area contributed by atoms with Crippen LogP contribution in [0.15, 0.2) is 28.7 Å². The molecule has 0 aromatic heterocycles. The van der Waals surface area contributed by atoms with Gasteiger partial charge in [-0.15, -0.1) is 0 Å². The Balaban J connectivity index is 0.00000182. The fourth-order valence-corrected chi connectivity index (χ4v) is 6.83. The molecule has 0 N–H and O–H groups in total. The molecule has 4 aliphatic rings. The van der Waals surface area contributed by atoms with Crippen LogP contribution in [0, 0.1) is 23.2 Å². The van der Waals surface area contributed by atoms with E-state index in [4.69, 9.17) is 0 Å². The Morgan fingerprint density at radius 3 is 2.00 bits per heavy atom. The highest BCUT2D eigenvalue weighted by Crippen LogP contribution is 2.60. The minimum atomic E-state index is 0. The van der Waals surface area contributed by atoms with Crippen LogP contribution in [0.3, 0.4) is 0 Å². The number of rotatable bonds is 5. The molecule has 4 bridgehead atoms. The van der Waals surface area contributed by atoms with E-state index in [9.17, 15) is 4.79 Å². The summed E-state index contributed by atoms with van der Waals surface area (Å²) in [7, 11) is 4.52. The summed E-state index contributed by atoms with van der Waals surface area (Å²) in [4.78, 5) is 12.7. The van der Waals surface area contributed by atoms with Crippen LogP contribution in [0.2, 0.25) is 0 Å². The number of quaternary nitrogens is 1. The quantitative estimate of drug-likeness (QED) is 0.474. The summed E-state index contributed by atoms with van der Waals surface area (Å²) in [6, 6.07) is 7.81. The van der Waals surface area contributed by atoms with Crippen molar-refractivity contribution in [2.24, 2.45) is 23.2 Å². The molecule has 4 saturated carbocycles. The third-order valence-electron chi connectivity index (χ3n) is 6.67. The molecule has 0 atom stereocenters. The fourth-order valence-electron chi connectivity index (χ4n) is 6.56. The molecule has 1 aromatic carbocycles. The van der Waals surface area contributed by atoms with Gasteiger partial charge in [-0.1, -0.05) is 28.1 Å². The van der Waals surface area contributed by atoms with Crippen LogP contribution >= 0.6 is 15.9 Å². The van der Waals surface area contributed by atoms with Crippen molar-refractivity contribution in [3.63, 3.8) is 0 Å². The molecule has 0 aliphatic heterocycles. The Kier molecular flexibility index (Phi) is 5.55. The second kappa shape index (κ2) is 7.09. The monoisotopic (exact) mass is 469 g/mol. The molecular formula is C21H29Br2NO. The van der Waals surface area contributed by atoms with Gasteiger partial charge >= 0.3 is 0 Å². The van der Waals surface area contributed by atoms with Crippen molar-refractivity contribution in [1.29, 1.82) is 0 Å². The Labute approximate surface area is 170 Å². The van der Waals surface area contributed by atoms with Crippen LogP contribution in [0.1, 0.15) is 48.9 Å². The van der Waals surface area contributed by atoms with Gasteiger partial charge < -0.3 is 21.5 Å². The summed E-state index contributed by atoms with van der Waals surface area (Å²) in [6.45, 7) is 1.79. The van der Waals surface area contributed by atoms with E-state index in [2.05, 4.69) is 30.0 Å². The predicted octanol–water partition coefficient (Wildman–Crippen LogP) is 1.93. The fraction of sp³-hybridized carbons (Fsp3) is 0.667. The lowest BCUT2D eigenvalue weighted by molar-refractivity contribution is -0.889. The SMILES string of the molecule is C[N+](C)(CC(=O)c1ccc(Br)cc1)CC12CC3CC(CC(C3)C1)C2.[Br-]. The average Bonchev–Trinajstić information content (AvgIpc) is 2.44. The van der Waals surface area contributed by atoms with Gasteiger partial charge in [0.1, 0.15) is 6.54 Å². The maximum atomic E-state index is 12.7. The molecule has 0 spiro atoms. The highest BCUT2D eigenvalue weighted by Gasteiger charge is 2.53. The number of Topliss-reactive ketones (excluding diaryl/α,β-unsaturated/α-hetero) is 1. The van der Waals surface area contributed by atoms with Crippen molar-refractivity contribution in [2.75, 3.05) is 27.2 Å². The molecule has 0 heterocycles. The molecule has 5 rings (SSSR count). The average molecular weight is 471 g/mol. The molecule has 0 unspecified atom stereocenters. The standard InChI is InChI=1S/C21H29BrNO.BrH/c1-23(2,13-20(24)18-3-5-19(22)6-4-18)14-21-10-15-7-16(11-21)9-17(8-15)12-21;/h3-6,15-17H,7-14H2,1-2H3;1H/q+1;/p-1. The van der Waals surface area contributed by atoms with Gasteiger partial charge in [0, 0.05) is 15.5 Å². The minimum absolute atomic E-state index is 0. The number of carbonyl (C=O) groups excluding carboxylic acids is 1.